The predicted octanol–water partition coefficient (Wildman–Crippen LogP) is 2.32. The monoisotopic (exact) mass is 207 g/mol. The van der Waals surface area contributed by atoms with Crippen molar-refractivity contribution in [2.24, 2.45) is 7.05 Å². The van der Waals surface area contributed by atoms with Crippen molar-refractivity contribution in [3.05, 3.63) is 35.5 Å². The van der Waals surface area contributed by atoms with Crippen molar-refractivity contribution in [2.45, 2.75) is 0 Å². The van der Waals surface area contributed by atoms with Crippen LogP contribution in [0.15, 0.2) is 30.5 Å². The van der Waals surface area contributed by atoms with Crippen molar-refractivity contribution in [3.63, 3.8) is 0 Å². The fourth-order valence-corrected chi connectivity index (χ4v) is 1.59. The third-order valence-electron chi connectivity index (χ3n) is 2.11. The summed E-state index contributed by atoms with van der Waals surface area (Å²) in [4.78, 5) is 0. The van der Waals surface area contributed by atoms with Crippen molar-refractivity contribution in [3.8, 4) is 11.3 Å². The minimum absolute atomic E-state index is 0.647. The van der Waals surface area contributed by atoms with Crippen LogP contribution in [0.2, 0.25) is 5.02 Å². The number of rotatable bonds is 1. The Morgan fingerprint density at radius 1 is 1.36 bits per heavy atom. The zero-order valence-electron chi connectivity index (χ0n) is 7.74. The summed E-state index contributed by atoms with van der Waals surface area (Å²) in [6.45, 7) is 0. The second-order valence-electron chi connectivity index (χ2n) is 3.07. The molecule has 72 valence electrons. The highest BCUT2D eigenvalue weighted by Crippen LogP contribution is 2.27. The molecule has 1 aromatic heterocycles. The van der Waals surface area contributed by atoms with E-state index in [2.05, 4.69) is 5.10 Å². The SMILES string of the molecule is Cn1nccc1-c1ccc(Cl)cc1N. The zero-order chi connectivity index (χ0) is 10.1. The van der Waals surface area contributed by atoms with E-state index in [0.29, 0.717) is 10.7 Å². The number of hydrogen-bond donors (Lipinski definition) is 1. The summed E-state index contributed by atoms with van der Waals surface area (Å²) in [5.41, 5.74) is 8.46. The number of nitrogens with zero attached hydrogens (tertiary/aromatic N) is 2. The lowest BCUT2D eigenvalue weighted by Gasteiger charge is -2.05. The highest BCUT2D eigenvalue weighted by atomic mass is 35.5. The molecule has 0 saturated heterocycles. The smallest absolute Gasteiger partial charge is 0.0699 e. The van der Waals surface area contributed by atoms with Gasteiger partial charge in [0.15, 0.2) is 0 Å². The number of aryl methyl sites for hydroxylation is 1. The zero-order valence-corrected chi connectivity index (χ0v) is 8.49. The maximum Gasteiger partial charge on any atom is 0.0699 e. The molecule has 0 spiro atoms. The van der Waals surface area contributed by atoms with E-state index in [1.807, 2.05) is 25.2 Å². The molecule has 2 N–H and O–H groups in total. The third kappa shape index (κ3) is 1.46. The Kier molecular flexibility index (Phi) is 2.17. The molecule has 0 amide bonds. The van der Waals surface area contributed by atoms with Crippen LogP contribution < -0.4 is 5.73 Å². The Morgan fingerprint density at radius 3 is 2.71 bits per heavy atom. The van der Waals surface area contributed by atoms with Gasteiger partial charge < -0.3 is 5.73 Å². The van der Waals surface area contributed by atoms with E-state index in [1.54, 1.807) is 16.9 Å². The van der Waals surface area contributed by atoms with E-state index in [0.717, 1.165) is 11.3 Å². The Hall–Kier alpha value is -1.48. The van der Waals surface area contributed by atoms with Gasteiger partial charge in [0.2, 0.25) is 0 Å². The number of hydrogen-bond acceptors (Lipinski definition) is 2. The summed E-state index contributed by atoms with van der Waals surface area (Å²) in [7, 11) is 1.88. The predicted molar refractivity (Wildman–Crippen MR) is 58.1 cm³/mol. The van der Waals surface area contributed by atoms with E-state index >= 15 is 0 Å². The fraction of sp³-hybridized carbons (Fsp3) is 0.100. The van der Waals surface area contributed by atoms with Crippen LogP contribution in [0.25, 0.3) is 11.3 Å². The third-order valence-corrected chi connectivity index (χ3v) is 2.35. The van der Waals surface area contributed by atoms with Gasteiger partial charge >= 0.3 is 0 Å². The quantitative estimate of drug-likeness (QED) is 0.730. The summed E-state index contributed by atoms with van der Waals surface area (Å²) in [6, 6.07) is 7.37. The first kappa shape index (κ1) is 9.09. The topological polar surface area (TPSA) is 43.8 Å². The highest BCUT2D eigenvalue weighted by Gasteiger charge is 2.06. The Labute approximate surface area is 87.1 Å². The Bertz CT molecular complexity index is 462. The van der Waals surface area contributed by atoms with Gasteiger partial charge in [-0.15, -0.1) is 0 Å². The van der Waals surface area contributed by atoms with E-state index in [4.69, 9.17) is 17.3 Å². The van der Waals surface area contributed by atoms with Gasteiger partial charge in [-0.05, 0) is 24.3 Å². The van der Waals surface area contributed by atoms with Crippen LogP contribution in [-0.4, -0.2) is 9.78 Å². The molecule has 0 saturated carbocycles. The molecule has 0 aliphatic carbocycles. The molecule has 0 bridgehead atoms. The number of nitrogen functional groups attached to an aromatic ring is 1. The van der Waals surface area contributed by atoms with Crippen molar-refractivity contribution < 1.29 is 0 Å². The lowest BCUT2D eigenvalue weighted by molar-refractivity contribution is 0.776. The second kappa shape index (κ2) is 3.35. The minimum Gasteiger partial charge on any atom is -0.398 e. The lowest BCUT2D eigenvalue weighted by atomic mass is 10.1. The average Bonchev–Trinajstić information content (AvgIpc) is 2.52. The molecule has 1 aromatic carbocycles. The van der Waals surface area contributed by atoms with E-state index in [9.17, 15) is 0 Å². The second-order valence-corrected chi connectivity index (χ2v) is 3.51. The number of halogens is 1. The van der Waals surface area contributed by atoms with Crippen LogP contribution in [0.4, 0.5) is 5.69 Å². The first-order valence-electron chi connectivity index (χ1n) is 4.22. The standard InChI is InChI=1S/C10H10ClN3/c1-14-10(4-5-13-14)8-3-2-7(11)6-9(8)12/h2-6H,12H2,1H3. The van der Waals surface area contributed by atoms with Gasteiger partial charge in [-0.3, -0.25) is 4.68 Å². The molecule has 0 radical (unpaired) electrons. The van der Waals surface area contributed by atoms with Crippen LogP contribution in [0.5, 0.6) is 0 Å². The van der Waals surface area contributed by atoms with Gasteiger partial charge in [-0.1, -0.05) is 11.6 Å². The number of benzene rings is 1. The van der Waals surface area contributed by atoms with Crippen LogP contribution in [0.3, 0.4) is 0 Å². The summed E-state index contributed by atoms with van der Waals surface area (Å²) < 4.78 is 1.78. The van der Waals surface area contributed by atoms with Crippen LogP contribution in [0, 0.1) is 0 Å². The van der Waals surface area contributed by atoms with Gasteiger partial charge in [0, 0.05) is 29.5 Å². The molecule has 1 heterocycles. The molecule has 0 aliphatic heterocycles. The van der Waals surface area contributed by atoms with Crippen LogP contribution in [0.1, 0.15) is 0 Å². The van der Waals surface area contributed by atoms with Crippen LogP contribution >= 0.6 is 11.6 Å². The molecule has 0 unspecified atom stereocenters. The minimum atomic E-state index is 0.647. The first-order valence-corrected chi connectivity index (χ1v) is 4.59. The number of anilines is 1. The van der Waals surface area contributed by atoms with Crippen LogP contribution in [-0.2, 0) is 7.05 Å². The number of nitrogens with two attached hydrogens (primary N) is 1. The molecule has 2 aromatic rings. The molecule has 4 heteroatoms. The van der Waals surface area contributed by atoms with E-state index in [-0.39, 0.29) is 0 Å². The Morgan fingerprint density at radius 2 is 2.14 bits per heavy atom. The normalized spacial score (nSPS) is 10.4. The van der Waals surface area contributed by atoms with Crippen molar-refractivity contribution >= 4 is 17.3 Å². The summed E-state index contributed by atoms with van der Waals surface area (Å²) >= 11 is 5.82. The lowest BCUT2D eigenvalue weighted by Crippen LogP contribution is -1.96. The van der Waals surface area contributed by atoms with E-state index in [1.165, 1.54) is 0 Å². The average molecular weight is 208 g/mol. The van der Waals surface area contributed by atoms with Crippen molar-refractivity contribution in [1.29, 1.82) is 0 Å². The summed E-state index contributed by atoms with van der Waals surface area (Å²) in [5, 5.41) is 4.73. The van der Waals surface area contributed by atoms with Crippen molar-refractivity contribution in [1.82, 2.24) is 9.78 Å². The fourth-order valence-electron chi connectivity index (χ4n) is 1.40. The van der Waals surface area contributed by atoms with Crippen molar-refractivity contribution in [2.75, 3.05) is 5.73 Å². The molecule has 0 atom stereocenters. The molecule has 0 aliphatic rings. The molecular weight excluding hydrogens is 198 g/mol. The Balaban J connectivity index is 2.58. The largest absolute Gasteiger partial charge is 0.398 e. The van der Waals surface area contributed by atoms with Gasteiger partial charge in [0.05, 0.1) is 5.69 Å². The summed E-state index contributed by atoms with van der Waals surface area (Å²) in [5.74, 6) is 0. The molecule has 3 nitrogen and oxygen atoms in total. The summed E-state index contributed by atoms with van der Waals surface area (Å²) in [6.07, 6.45) is 1.74. The van der Waals surface area contributed by atoms with Gasteiger partial charge in [0.1, 0.15) is 0 Å². The number of aromatic nitrogens is 2. The van der Waals surface area contributed by atoms with Gasteiger partial charge in [0.25, 0.3) is 0 Å². The molecule has 14 heavy (non-hydrogen) atoms. The maximum absolute atomic E-state index is 5.86. The molecule has 2 rings (SSSR count). The highest BCUT2D eigenvalue weighted by molar-refractivity contribution is 6.31. The van der Waals surface area contributed by atoms with Gasteiger partial charge in [-0.25, -0.2) is 0 Å². The van der Waals surface area contributed by atoms with E-state index < -0.39 is 0 Å². The molecular formula is C10H10ClN3. The molecule has 0 fully saturated rings. The maximum atomic E-state index is 5.86. The van der Waals surface area contributed by atoms with Gasteiger partial charge in [-0.2, -0.15) is 5.10 Å². The first-order chi connectivity index (χ1) is 6.68.